The highest BCUT2D eigenvalue weighted by molar-refractivity contribution is 7.09. The largest absolute Gasteiger partial charge is 0.466 e. The van der Waals surface area contributed by atoms with Gasteiger partial charge in [-0.05, 0) is 34.1 Å². The molecule has 0 saturated heterocycles. The highest BCUT2D eigenvalue weighted by Crippen LogP contribution is 2.27. The Bertz CT molecular complexity index is 570. The van der Waals surface area contributed by atoms with E-state index < -0.39 is 29.7 Å². The number of hydrogen-bond acceptors (Lipinski definition) is 8. The summed E-state index contributed by atoms with van der Waals surface area (Å²) in [6.45, 7) is 9.21. The van der Waals surface area contributed by atoms with Crippen molar-refractivity contribution < 1.29 is 24.2 Å². The van der Waals surface area contributed by atoms with E-state index in [1.165, 1.54) is 0 Å². The number of carbonyl (C=O) groups is 2. The molecule has 25 heavy (non-hydrogen) atoms. The Hall–Kier alpha value is -1.74. The van der Waals surface area contributed by atoms with Crippen molar-refractivity contribution in [3.8, 4) is 0 Å². The second-order valence-electron chi connectivity index (χ2n) is 6.56. The number of ether oxygens (including phenoxy) is 2. The van der Waals surface area contributed by atoms with Crippen molar-refractivity contribution in [1.29, 1.82) is 0 Å². The van der Waals surface area contributed by atoms with Gasteiger partial charge in [-0.2, -0.15) is 4.37 Å². The Morgan fingerprint density at radius 1 is 1.32 bits per heavy atom. The number of aliphatic hydroxyl groups is 1. The fourth-order valence-corrected chi connectivity index (χ4v) is 2.74. The number of hydrogen-bond donors (Lipinski definition) is 2. The number of nitrogens with one attached hydrogen (secondary N) is 1. The van der Waals surface area contributed by atoms with Crippen LogP contribution in [0, 0.1) is 0 Å². The fraction of sp³-hybridized carbons (Fsp3) is 0.750. The molecule has 1 rings (SSSR count). The minimum atomic E-state index is -0.765. The average molecular weight is 373 g/mol. The van der Waals surface area contributed by atoms with Crippen molar-refractivity contribution in [2.75, 3.05) is 11.9 Å². The summed E-state index contributed by atoms with van der Waals surface area (Å²) < 4.78 is 14.3. The van der Waals surface area contributed by atoms with Crippen LogP contribution < -0.4 is 5.32 Å². The quantitative estimate of drug-likeness (QED) is 0.674. The molecule has 2 atom stereocenters. The highest BCUT2D eigenvalue weighted by atomic mass is 32.1. The van der Waals surface area contributed by atoms with Gasteiger partial charge in [-0.3, -0.25) is 10.1 Å². The Balaban J connectivity index is 2.84. The lowest BCUT2D eigenvalue weighted by atomic mass is 9.94. The molecule has 0 aliphatic rings. The molecule has 0 spiro atoms. The third-order valence-corrected chi connectivity index (χ3v) is 3.77. The van der Waals surface area contributed by atoms with Crippen molar-refractivity contribution in [3.05, 3.63) is 5.82 Å². The number of rotatable bonds is 8. The molecule has 9 heteroatoms. The van der Waals surface area contributed by atoms with E-state index in [-0.39, 0.29) is 18.2 Å². The summed E-state index contributed by atoms with van der Waals surface area (Å²) >= 11 is 0.972. The predicted molar refractivity (Wildman–Crippen MR) is 94.7 cm³/mol. The van der Waals surface area contributed by atoms with E-state index in [0.29, 0.717) is 12.2 Å². The third-order valence-electron chi connectivity index (χ3n) is 3.12. The van der Waals surface area contributed by atoms with E-state index in [9.17, 15) is 14.7 Å². The van der Waals surface area contributed by atoms with Crippen LogP contribution in [0.5, 0.6) is 0 Å². The van der Waals surface area contributed by atoms with Crippen molar-refractivity contribution in [2.24, 2.45) is 0 Å². The molecule has 0 bridgehead atoms. The first-order chi connectivity index (χ1) is 11.7. The minimum Gasteiger partial charge on any atom is -0.466 e. The molecule has 0 fully saturated rings. The van der Waals surface area contributed by atoms with Crippen LogP contribution in [0.4, 0.5) is 9.93 Å². The number of amides is 1. The van der Waals surface area contributed by atoms with Crippen LogP contribution in [0.15, 0.2) is 0 Å². The number of aliphatic hydroxyl groups excluding tert-OH is 1. The molecule has 1 aromatic rings. The first kappa shape index (κ1) is 21.3. The molecule has 0 aliphatic heterocycles. The molecule has 1 aromatic heterocycles. The molecule has 142 valence electrons. The molecule has 2 N–H and O–H groups in total. The number of esters is 1. The summed E-state index contributed by atoms with van der Waals surface area (Å²) in [5.41, 5.74) is -0.624. The highest BCUT2D eigenvalue weighted by Gasteiger charge is 2.28. The zero-order valence-electron chi connectivity index (χ0n) is 15.4. The monoisotopic (exact) mass is 373 g/mol. The zero-order valence-corrected chi connectivity index (χ0v) is 16.2. The van der Waals surface area contributed by atoms with E-state index in [2.05, 4.69) is 14.7 Å². The third kappa shape index (κ3) is 7.78. The number of aromatic nitrogens is 2. The maximum absolute atomic E-state index is 11.8. The van der Waals surface area contributed by atoms with Gasteiger partial charge >= 0.3 is 12.1 Å². The first-order valence-electron chi connectivity index (χ1n) is 8.33. The van der Waals surface area contributed by atoms with Gasteiger partial charge in [-0.25, -0.2) is 9.78 Å². The molecule has 0 aromatic carbocycles. The SMILES string of the molecule is CCCC(O)C(CC(=O)OCC)c1nsc(NC(=O)OC(C)(C)C)n1. The summed E-state index contributed by atoms with van der Waals surface area (Å²) in [7, 11) is 0. The Kier molecular flexibility index (Phi) is 8.24. The van der Waals surface area contributed by atoms with Crippen molar-refractivity contribution >= 4 is 28.7 Å². The van der Waals surface area contributed by atoms with E-state index >= 15 is 0 Å². The van der Waals surface area contributed by atoms with Crippen LogP contribution in [0.1, 0.15) is 65.6 Å². The molecule has 1 heterocycles. The molecule has 2 unspecified atom stereocenters. The van der Waals surface area contributed by atoms with Gasteiger partial charge in [0.1, 0.15) is 5.60 Å². The van der Waals surface area contributed by atoms with E-state index in [4.69, 9.17) is 9.47 Å². The molecule has 0 aliphatic carbocycles. The van der Waals surface area contributed by atoms with Crippen LogP contribution in [0.3, 0.4) is 0 Å². The second kappa shape index (κ2) is 9.67. The van der Waals surface area contributed by atoms with Crippen LogP contribution in [-0.4, -0.2) is 44.8 Å². The van der Waals surface area contributed by atoms with Gasteiger partial charge in [0.2, 0.25) is 5.13 Å². The Labute approximate surface area is 152 Å². The van der Waals surface area contributed by atoms with Crippen LogP contribution in [0.25, 0.3) is 0 Å². The van der Waals surface area contributed by atoms with Gasteiger partial charge < -0.3 is 14.6 Å². The Morgan fingerprint density at radius 3 is 2.56 bits per heavy atom. The van der Waals surface area contributed by atoms with Crippen molar-refractivity contribution in [3.63, 3.8) is 0 Å². The number of carbonyl (C=O) groups excluding carboxylic acids is 2. The van der Waals surface area contributed by atoms with Crippen LogP contribution in [-0.2, 0) is 14.3 Å². The lowest BCUT2D eigenvalue weighted by Crippen LogP contribution is -2.27. The van der Waals surface area contributed by atoms with Gasteiger partial charge in [0, 0.05) is 11.5 Å². The summed E-state index contributed by atoms with van der Waals surface area (Å²) in [6.07, 6.45) is -0.145. The van der Waals surface area contributed by atoms with E-state index in [1.807, 2.05) is 6.92 Å². The lowest BCUT2D eigenvalue weighted by Gasteiger charge is -2.19. The minimum absolute atomic E-state index is 0.0163. The molecule has 8 nitrogen and oxygen atoms in total. The van der Waals surface area contributed by atoms with Crippen molar-refractivity contribution in [2.45, 2.75) is 71.5 Å². The molecule has 0 radical (unpaired) electrons. The average Bonchev–Trinajstić information content (AvgIpc) is 2.91. The van der Waals surface area contributed by atoms with Crippen molar-refractivity contribution in [1.82, 2.24) is 9.36 Å². The van der Waals surface area contributed by atoms with Gasteiger partial charge in [0.05, 0.1) is 25.0 Å². The molecule has 0 saturated carbocycles. The first-order valence-corrected chi connectivity index (χ1v) is 9.10. The molecular formula is C16H27N3O5S. The number of nitrogens with zero attached hydrogens (tertiary/aromatic N) is 2. The Morgan fingerprint density at radius 2 is 2.00 bits per heavy atom. The predicted octanol–water partition coefficient (Wildman–Crippen LogP) is 3.08. The maximum atomic E-state index is 11.8. The van der Waals surface area contributed by atoms with Gasteiger partial charge in [0.15, 0.2) is 5.82 Å². The second-order valence-corrected chi connectivity index (χ2v) is 7.31. The van der Waals surface area contributed by atoms with Gasteiger partial charge in [0.25, 0.3) is 0 Å². The standard InChI is InChI=1S/C16H27N3O5S/c1-6-8-11(20)10(9-12(21)23-7-2)13-17-14(25-19-13)18-15(22)24-16(3,4)5/h10-11,20H,6-9H2,1-5H3,(H,17,18,19,22). The molecule has 1 amide bonds. The maximum Gasteiger partial charge on any atom is 0.414 e. The van der Waals surface area contributed by atoms with Crippen LogP contribution in [0.2, 0.25) is 0 Å². The summed E-state index contributed by atoms with van der Waals surface area (Å²) in [5.74, 6) is -0.686. The van der Waals surface area contributed by atoms with Crippen LogP contribution >= 0.6 is 11.5 Å². The summed E-state index contributed by atoms with van der Waals surface area (Å²) in [6, 6.07) is 0. The number of anilines is 1. The van der Waals surface area contributed by atoms with Gasteiger partial charge in [-0.15, -0.1) is 0 Å². The van der Waals surface area contributed by atoms with E-state index in [0.717, 1.165) is 18.0 Å². The zero-order chi connectivity index (χ0) is 19.0. The smallest absolute Gasteiger partial charge is 0.414 e. The lowest BCUT2D eigenvalue weighted by molar-refractivity contribution is -0.144. The normalized spacial score (nSPS) is 13.8. The topological polar surface area (TPSA) is 111 Å². The summed E-state index contributed by atoms with van der Waals surface area (Å²) in [4.78, 5) is 27.8. The summed E-state index contributed by atoms with van der Waals surface area (Å²) in [5, 5.41) is 13.1. The fourth-order valence-electron chi connectivity index (χ4n) is 2.12. The van der Waals surface area contributed by atoms with Gasteiger partial charge in [-0.1, -0.05) is 13.3 Å². The van der Waals surface area contributed by atoms with E-state index in [1.54, 1.807) is 27.7 Å². The molecular weight excluding hydrogens is 346 g/mol.